The maximum atomic E-state index is 13.1. The molecule has 0 aromatic heterocycles. The summed E-state index contributed by atoms with van der Waals surface area (Å²) in [6.07, 6.45) is 1.16. The third-order valence-corrected chi connectivity index (χ3v) is 3.70. The lowest BCUT2D eigenvalue weighted by Crippen LogP contribution is -2.18. The van der Waals surface area contributed by atoms with E-state index < -0.39 is 0 Å². The number of thioether (sulfide) groups is 1. The van der Waals surface area contributed by atoms with E-state index in [1.807, 2.05) is 18.7 Å². The van der Waals surface area contributed by atoms with Gasteiger partial charge < -0.3 is 10.1 Å². The molecule has 0 aliphatic carbocycles. The number of anilines is 1. The molecule has 0 amide bonds. The highest BCUT2D eigenvalue weighted by atomic mass is 32.2. The van der Waals surface area contributed by atoms with E-state index in [9.17, 15) is 4.39 Å². The highest BCUT2D eigenvalue weighted by molar-refractivity contribution is 7.99. The van der Waals surface area contributed by atoms with E-state index in [1.165, 1.54) is 17.9 Å². The zero-order valence-electron chi connectivity index (χ0n) is 9.33. The summed E-state index contributed by atoms with van der Waals surface area (Å²) < 4.78 is 18.5. The van der Waals surface area contributed by atoms with Crippen molar-refractivity contribution in [3.8, 4) is 5.75 Å². The molecule has 1 aliphatic rings. The van der Waals surface area contributed by atoms with Gasteiger partial charge in [-0.3, -0.25) is 0 Å². The van der Waals surface area contributed by atoms with Gasteiger partial charge in [-0.15, -0.1) is 0 Å². The predicted octanol–water partition coefficient (Wildman–Crippen LogP) is 3.14. The SMILES string of the molecule is CCOc1cc(F)ccc1NC1CCSC1. The quantitative estimate of drug-likeness (QED) is 0.875. The molecule has 1 aromatic rings. The van der Waals surface area contributed by atoms with Crippen molar-refractivity contribution in [1.82, 2.24) is 0 Å². The summed E-state index contributed by atoms with van der Waals surface area (Å²) in [7, 11) is 0. The number of ether oxygens (including phenoxy) is 1. The van der Waals surface area contributed by atoms with E-state index >= 15 is 0 Å². The minimum atomic E-state index is -0.255. The van der Waals surface area contributed by atoms with Crippen molar-refractivity contribution in [2.75, 3.05) is 23.4 Å². The molecule has 1 N–H and O–H groups in total. The highest BCUT2D eigenvalue weighted by Crippen LogP contribution is 2.29. The normalized spacial score (nSPS) is 19.8. The minimum Gasteiger partial charge on any atom is -0.492 e. The standard InChI is InChI=1S/C12H16FNOS/c1-2-15-12-7-9(13)3-4-11(12)14-10-5-6-16-8-10/h3-4,7,10,14H,2,5-6,8H2,1H3. The minimum absolute atomic E-state index is 0.255. The predicted molar refractivity (Wildman–Crippen MR) is 66.9 cm³/mol. The van der Waals surface area contributed by atoms with Crippen molar-refractivity contribution in [1.29, 1.82) is 0 Å². The molecule has 1 unspecified atom stereocenters. The molecular weight excluding hydrogens is 225 g/mol. The average Bonchev–Trinajstić information content (AvgIpc) is 2.75. The Morgan fingerprint density at radius 3 is 3.12 bits per heavy atom. The largest absolute Gasteiger partial charge is 0.492 e. The maximum absolute atomic E-state index is 13.1. The van der Waals surface area contributed by atoms with Crippen LogP contribution in [-0.2, 0) is 0 Å². The Bertz CT molecular complexity index is 353. The van der Waals surface area contributed by atoms with Gasteiger partial charge in [0.1, 0.15) is 11.6 Å². The maximum Gasteiger partial charge on any atom is 0.145 e. The summed E-state index contributed by atoms with van der Waals surface area (Å²) in [5, 5.41) is 3.41. The second kappa shape index (κ2) is 5.43. The fourth-order valence-corrected chi connectivity index (χ4v) is 2.91. The van der Waals surface area contributed by atoms with Crippen LogP contribution in [-0.4, -0.2) is 24.2 Å². The van der Waals surface area contributed by atoms with Crippen LogP contribution < -0.4 is 10.1 Å². The molecule has 4 heteroatoms. The summed E-state index contributed by atoms with van der Waals surface area (Å²) >= 11 is 1.95. The molecule has 16 heavy (non-hydrogen) atoms. The summed E-state index contributed by atoms with van der Waals surface area (Å²) in [6.45, 7) is 2.46. The Morgan fingerprint density at radius 2 is 2.44 bits per heavy atom. The smallest absolute Gasteiger partial charge is 0.145 e. The molecule has 1 fully saturated rings. The molecule has 1 atom stereocenters. The van der Waals surface area contributed by atoms with Crippen molar-refractivity contribution >= 4 is 17.4 Å². The molecule has 88 valence electrons. The lowest BCUT2D eigenvalue weighted by Gasteiger charge is -2.16. The van der Waals surface area contributed by atoms with Gasteiger partial charge in [0, 0.05) is 17.9 Å². The van der Waals surface area contributed by atoms with Crippen molar-refractivity contribution in [3.63, 3.8) is 0 Å². The van der Waals surface area contributed by atoms with Crippen LogP contribution in [0.15, 0.2) is 18.2 Å². The zero-order valence-corrected chi connectivity index (χ0v) is 10.1. The second-order valence-corrected chi connectivity index (χ2v) is 4.93. The first kappa shape index (κ1) is 11.6. The van der Waals surface area contributed by atoms with Gasteiger partial charge in [0.2, 0.25) is 0 Å². The topological polar surface area (TPSA) is 21.3 Å². The first-order valence-corrected chi connectivity index (χ1v) is 6.71. The van der Waals surface area contributed by atoms with Crippen LogP contribution in [0.1, 0.15) is 13.3 Å². The Hall–Kier alpha value is -0.900. The molecule has 1 saturated heterocycles. The summed E-state index contributed by atoms with van der Waals surface area (Å²) in [6, 6.07) is 5.14. The molecule has 0 spiro atoms. The highest BCUT2D eigenvalue weighted by Gasteiger charge is 2.16. The van der Waals surface area contributed by atoms with Crippen LogP contribution >= 0.6 is 11.8 Å². The van der Waals surface area contributed by atoms with Crippen LogP contribution in [0.3, 0.4) is 0 Å². The Kier molecular flexibility index (Phi) is 3.93. The first-order valence-electron chi connectivity index (χ1n) is 5.56. The number of benzene rings is 1. The molecule has 0 radical (unpaired) electrons. The third-order valence-electron chi connectivity index (χ3n) is 2.53. The molecule has 1 aromatic carbocycles. The van der Waals surface area contributed by atoms with Gasteiger partial charge in [-0.05, 0) is 31.2 Å². The first-order chi connectivity index (χ1) is 7.79. The summed E-state index contributed by atoms with van der Waals surface area (Å²) in [5.41, 5.74) is 0.899. The fourth-order valence-electron chi connectivity index (χ4n) is 1.76. The van der Waals surface area contributed by atoms with Crippen LogP contribution in [0.4, 0.5) is 10.1 Å². The van der Waals surface area contributed by atoms with Gasteiger partial charge in [0.05, 0.1) is 12.3 Å². The van der Waals surface area contributed by atoms with E-state index in [4.69, 9.17) is 4.74 Å². The number of hydrogen-bond acceptors (Lipinski definition) is 3. The molecular formula is C12H16FNOS. The number of halogens is 1. The lowest BCUT2D eigenvalue weighted by molar-refractivity contribution is 0.339. The van der Waals surface area contributed by atoms with E-state index in [0.29, 0.717) is 18.4 Å². The zero-order chi connectivity index (χ0) is 11.4. The van der Waals surface area contributed by atoms with Crippen LogP contribution in [0.25, 0.3) is 0 Å². The van der Waals surface area contributed by atoms with Gasteiger partial charge in [0.15, 0.2) is 0 Å². The Morgan fingerprint density at radius 1 is 1.56 bits per heavy atom. The van der Waals surface area contributed by atoms with Crippen molar-refractivity contribution in [2.24, 2.45) is 0 Å². The molecule has 0 saturated carbocycles. The van der Waals surface area contributed by atoms with Crippen LogP contribution in [0.5, 0.6) is 5.75 Å². The summed E-state index contributed by atoms with van der Waals surface area (Å²) in [4.78, 5) is 0. The Labute approximate surface area is 99.6 Å². The monoisotopic (exact) mass is 241 g/mol. The van der Waals surface area contributed by atoms with Gasteiger partial charge in [-0.25, -0.2) is 4.39 Å². The lowest BCUT2D eigenvalue weighted by atomic mass is 10.2. The number of rotatable bonds is 4. The van der Waals surface area contributed by atoms with Gasteiger partial charge in [0.25, 0.3) is 0 Å². The van der Waals surface area contributed by atoms with E-state index in [-0.39, 0.29) is 5.82 Å². The number of nitrogens with one attached hydrogen (secondary N) is 1. The molecule has 1 aliphatic heterocycles. The molecule has 2 rings (SSSR count). The number of hydrogen-bond donors (Lipinski definition) is 1. The van der Waals surface area contributed by atoms with Crippen molar-refractivity contribution in [2.45, 2.75) is 19.4 Å². The van der Waals surface area contributed by atoms with E-state index in [2.05, 4.69) is 5.32 Å². The third kappa shape index (κ3) is 2.82. The van der Waals surface area contributed by atoms with Crippen LogP contribution in [0.2, 0.25) is 0 Å². The second-order valence-electron chi connectivity index (χ2n) is 3.78. The van der Waals surface area contributed by atoms with Gasteiger partial charge >= 0.3 is 0 Å². The summed E-state index contributed by atoms with van der Waals surface area (Å²) in [5.74, 6) is 2.67. The fraction of sp³-hybridized carbons (Fsp3) is 0.500. The van der Waals surface area contributed by atoms with E-state index in [1.54, 1.807) is 6.07 Å². The molecule has 0 bridgehead atoms. The molecule has 1 heterocycles. The molecule has 2 nitrogen and oxygen atoms in total. The Balaban J connectivity index is 2.11. The van der Waals surface area contributed by atoms with Crippen molar-refractivity contribution < 1.29 is 9.13 Å². The van der Waals surface area contributed by atoms with Crippen LogP contribution in [0, 0.1) is 5.82 Å². The van der Waals surface area contributed by atoms with Crippen molar-refractivity contribution in [3.05, 3.63) is 24.0 Å². The van der Waals surface area contributed by atoms with Gasteiger partial charge in [-0.1, -0.05) is 0 Å². The van der Waals surface area contributed by atoms with Gasteiger partial charge in [-0.2, -0.15) is 11.8 Å². The van der Waals surface area contributed by atoms with E-state index in [0.717, 1.165) is 17.9 Å². The average molecular weight is 241 g/mol.